The van der Waals surface area contributed by atoms with Crippen LogP contribution < -0.4 is 9.62 Å². The van der Waals surface area contributed by atoms with Crippen LogP contribution >= 0.6 is 11.3 Å². The number of amides is 1. The van der Waals surface area contributed by atoms with Gasteiger partial charge in [0.15, 0.2) is 0 Å². The lowest BCUT2D eigenvalue weighted by atomic mass is 10.1. The van der Waals surface area contributed by atoms with E-state index in [2.05, 4.69) is 5.32 Å². The highest BCUT2D eigenvalue weighted by Crippen LogP contribution is 2.31. The van der Waals surface area contributed by atoms with Gasteiger partial charge in [0.1, 0.15) is 0 Å². The third-order valence-corrected chi connectivity index (χ3v) is 6.82. The molecule has 3 aromatic rings. The number of nitrogens with zero attached hydrogens (tertiary/aromatic N) is 1. The molecule has 0 saturated carbocycles. The van der Waals surface area contributed by atoms with Crippen LogP contribution in [0, 0.1) is 20.8 Å². The van der Waals surface area contributed by atoms with E-state index in [4.69, 9.17) is 0 Å². The molecule has 7 heteroatoms. The molecule has 142 valence electrons. The van der Waals surface area contributed by atoms with Crippen LogP contribution in [-0.4, -0.2) is 27.6 Å². The molecular formula is C20H22N2O3S2. The van der Waals surface area contributed by atoms with Crippen molar-refractivity contribution in [2.45, 2.75) is 20.8 Å². The Kier molecular flexibility index (Phi) is 5.01. The summed E-state index contributed by atoms with van der Waals surface area (Å²) in [7, 11) is -1.82. The first kappa shape index (κ1) is 19.4. The van der Waals surface area contributed by atoms with Crippen LogP contribution in [0.25, 0.3) is 10.1 Å². The monoisotopic (exact) mass is 402 g/mol. The van der Waals surface area contributed by atoms with Crippen LogP contribution in [-0.2, 0) is 10.0 Å². The molecule has 0 fully saturated rings. The van der Waals surface area contributed by atoms with Gasteiger partial charge in [-0.15, -0.1) is 11.3 Å². The lowest BCUT2D eigenvalue weighted by Gasteiger charge is -2.16. The van der Waals surface area contributed by atoms with E-state index in [0.29, 0.717) is 10.6 Å². The van der Waals surface area contributed by atoms with Gasteiger partial charge < -0.3 is 5.32 Å². The molecule has 0 aliphatic rings. The first-order valence-corrected chi connectivity index (χ1v) is 11.1. The number of anilines is 2. The molecule has 1 amide bonds. The second kappa shape index (κ2) is 6.98. The van der Waals surface area contributed by atoms with Gasteiger partial charge >= 0.3 is 0 Å². The molecule has 1 heterocycles. The molecule has 5 nitrogen and oxygen atoms in total. The standard InChI is InChI=1S/C20H22N2O3S2/c1-12-8-13(2)19(14(3)9-12)21-20(23)18-11-15-10-16(6-7-17(15)26-18)22(4)27(5,24)25/h6-11H,1-5H3,(H,21,23). The maximum atomic E-state index is 12.7. The van der Waals surface area contributed by atoms with Gasteiger partial charge in [-0.3, -0.25) is 9.10 Å². The van der Waals surface area contributed by atoms with Gasteiger partial charge in [0, 0.05) is 17.4 Å². The van der Waals surface area contributed by atoms with E-state index >= 15 is 0 Å². The van der Waals surface area contributed by atoms with Crippen molar-refractivity contribution in [2.24, 2.45) is 0 Å². The minimum atomic E-state index is -3.33. The number of carbonyl (C=O) groups is 1. The molecule has 2 aromatic carbocycles. The largest absolute Gasteiger partial charge is 0.321 e. The number of aryl methyl sites for hydroxylation is 3. The summed E-state index contributed by atoms with van der Waals surface area (Å²) in [6, 6.07) is 11.3. The lowest BCUT2D eigenvalue weighted by Crippen LogP contribution is -2.24. The van der Waals surface area contributed by atoms with Gasteiger partial charge in [-0.2, -0.15) is 0 Å². The van der Waals surface area contributed by atoms with Gasteiger partial charge in [0.2, 0.25) is 10.0 Å². The summed E-state index contributed by atoms with van der Waals surface area (Å²) in [5, 5.41) is 3.85. The maximum absolute atomic E-state index is 12.7. The fraction of sp³-hybridized carbons (Fsp3) is 0.250. The number of rotatable bonds is 4. The molecule has 0 atom stereocenters. The zero-order valence-corrected chi connectivity index (χ0v) is 17.6. The molecule has 1 aromatic heterocycles. The first-order valence-electron chi connectivity index (χ1n) is 8.43. The number of hydrogen-bond donors (Lipinski definition) is 1. The van der Waals surface area contributed by atoms with Gasteiger partial charge in [-0.25, -0.2) is 8.42 Å². The third-order valence-electron chi connectivity index (χ3n) is 4.50. The Morgan fingerprint density at radius 1 is 1.04 bits per heavy atom. The predicted molar refractivity (Wildman–Crippen MR) is 114 cm³/mol. The zero-order chi connectivity index (χ0) is 19.9. The Bertz CT molecular complexity index is 1120. The van der Waals surface area contributed by atoms with Crippen molar-refractivity contribution >= 4 is 48.7 Å². The minimum absolute atomic E-state index is 0.163. The number of fused-ring (bicyclic) bond motifs is 1. The normalized spacial score (nSPS) is 11.6. The molecule has 0 unspecified atom stereocenters. The van der Waals surface area contributed by atoms with Crippen LogP contribution in [0.1, 0.15) is 26.4 Å². The number of benzene rings is 2. The van der Waals surface area contributed by atoms with Crippen molar-refractivity contribution in [2.75, 3.05) is 22.9 Å². The Hall–Kier alpha value is -2.38. The fourth-order valence-corrected chi connectivity index (χ4v) is 4.52. The number of hydrogen-bond acceptors (Lipinski definition) is 4. The SMILES string of the molecule is Cc1cc(C)c(NC(=O)c2cc3cc(N(C)S(C)(=O)=O)ccc3s2)c(C)c1. The van der Waals surface area contributed by atoms with E-state index in [0.717, 1.165) is 38.7 Å². The summed E-state index contributed by atoms with van der Waals surface area (Å²) in [6.07, 6.45) is 1.16. The van der Waals surface area contributed by atoms with E-state index in [1.54, 1.807) is 18.2 Å². The average molecular weight is 403 g/mol. The summed E-state index contributed by atoms with van der Waals surface area (Å²) < 4.78 is 25.6. The number of sulfonamides is 1. The number of nitrogens with one attached hydrogen (secondary N) is 1. The quantitative estimate of drug-likeness (QED) is 0.700. The molecule has 0 saturated heterocycles. The van der Waals surface area contributed by atoms with E-state index in [9.17, 15) is 13.2 Å². The molecule has 1 N–H and O–H groups in total. The smallest absolute Gasteiger partial charge is 0.265 e. The Morgan fingerprint density at radius 3 is 2.26 bits per heavy atom. The maximum Gasteiger partial charge on any atom is 0.265 e. The number of carbonyl (C=O) groups excluding carboxylic acids is 1. The summed E-state index contributed by atoms with van der Waals surface area (Å²) in [5.41, 5.74) is 4.62. The van der Waals surface area contributed by atoms with E-state index < -0.39 is 10.0 Å². The minimum Gasteiger partial charge on any atom is -0.321 e. The van der Waals surface area contributed by atoms with Crippen LogP contribution in [0.2, 0.25) is 0 Å². The Morgan fingerprint density at radius 2 is 1.67 bits per heavy atom. The fourth-order valence-electron chi connectivity index (χ4n) is 3.08. The molecule has 27 heavy (non-hydrogen) atoms. The molecule has 0 radical (unpaired) electrons. The van der Waals surface area contributed by atoms with Crippen LogP contribution in [0.3, 0.4) is 0 Å². The molecule has 0 aliphatic carbocycles. The lowest BCUT2D eigenvalue weighted by molar-refractivity contribution is 0.103. The highest BCUT2D eigenvalue weighted by molar-refractivity contribution is 7.92. The van der Waals surface area contributed by atoms with E-state index in [-0.39, 0.29) is 5.91 Å². The zero-order valence-electron chi connectivity index (χ0n) is 16.0. The Labute approximate surface area is 163 Å². The Balaban J connectivity index is 1.92. The van der Waals surface area contributed by atoms with Crippen molar-refractivity contribution < 1.29 is 13.2 Å². The molecule has 3 rings (SSSR count). The topological polar surface area (TPSA) is 66.5 Å². The first-order chi connectivity index (χ1) is 12.6. The third kappa shape index (κ3) is 3.99. The van der Waals surface area contributed by atoms with Crippen molar-refractivity contribution in [3.8, 4) is 0 Å². The van der Waals surface area contributed by atoms with Gasteiger partial charge in [-0.05, 0) is 61.5 Å². The predicted octanol–water partition coefficient (Wildman–Crippen LogP) is 4.47. The van der Waals surface area contributed by atoms with Gasteiger partial charge in [-0.1, -0.05) is 17.7 Å². The van der Waals surface area contributed by atoms with Crippen molar-refractivity contribution in [3.63, 3.8) is 0 Å². The second-order valence-electron chi connectivity index (χ2n) is 6.79. The summed E-state index contributed by atoms with van der Waals surface area (Å²) in [4.78, 5) is 13.3. The summed E-state index contributed by atoms with van der Waals surface area (Å²) in [5.74, 6) is -0.163. The van der Waals surface area contributed by atoms with Crippen molar-refractivity contribution in [1.29, 1.82) is 0 Å². The van der Waals surface area contributed by atoms with Crippen LogP contribution in [0.5, 0.6) is 0 Å². The van der Waals surface area contributed by atoms with Crippen molar-refractivity contribution in [3.05, 3.63) is 58.0 Å². The van der Waals surface area contributed by atoms with Crippen LogP contribution in [0.15, 0.2) is 36.4 Å². The van der Waals surface area contributed by atoms with Crippen LogP contribution in [0.4, 0.5) is 11.4 Å². The average Bonchev–Trinajstić information content (AvgIpc) is 2.99. The van der Waals surface area contributed by atoms with Gasteiger partial charge in [0.05, 0.1) is 16.8 Å². The molecule has 0 bridgehead atoms. The number of thiophene rings is 1. The second-order valence-corrected chi connectivity index (χ2v) is 9.89. The van der Waals surface area contributed by atoms with Crippen molar-refractivity contribution in [1.82, 2.24) is 0 Å². The summed E-state index contributed by atoms with van der Waals surface area (Å²) in [6.45, 7) is 5.99. The van der Waals surface area contributed by atoms with E-state index in [1.165, 1.54) is 22.7 Å². The highest BCUT2D eigenvalue weighted by Gasteiger charge is 2.16. The molecule has 0 aliphatic heterocycles. The van der Waals surface area contributed by atoms with E-state index in [1.807, 2.05) is 39.0 Å². The molecular weight excluding hydrogens is 380 g/mol. The van der Waals surface area contributed by atoms with Gasteiger partial charge in [0.25, 0.3) is 5.91 Å². The molecule has 0 spiro atoms. The summed E-state index contributed by atoms with van der Waals surface area (Å²) >= 11 is 1.39. The highest BCUT2D eigenvalue weighted by atomic mass is 32.2.